The van der Waals surface area contributed by atoms with E-state index < -0.39 is 0 Å². The molecule has 0 radical (unpaired) electrons. The molecule has 140 valence electrons. The van der Waals surface area contributed by atoms with E-state index in [0.29, 0.717) is 0 Å². The summed E-state index contributed by atoms with van der Waals surface area (Å²) in [6, 6.07) is 0. The first-order valence-electron chi connectivity index (χ1n) is 11.1. The summed E-state index contributed by atoms with van der Waals surface area (Å²) in [5, 5.41) is 0. The van der Waals surface area contributed by atoms with E-state index >= 15 is 0 Å². The Kier molecular flexibility index (Phi) is 4.94. The maximum absolute atomic E-state index is 2.62. The Morgan fingerprint density at radius 2 is 0.375 bits per heavy atom. The number of hydrogen-bond acceptors (Lipinski definition) is 0. The highest BCUT2D eigenvalue weighted by atomic mass is 14.6. The van der Waals surface area contributed by atoms with Crippen molar-refractivity contribution in [3.63, 3.8) is 0 Å². The molecule has 12 unspecified atom stereocenters. The average Bonchev–Trinajstić information content (AvgIpc) is 2.56. The summed E-state index contributed by atoms with van der Waals surface area (Å²) in [6.07, 6.45) is 0. The normalized spacial score (nSPS) is 64.2. The van der Waals surface area contributed by atoms with Crippen LogP contribution in [0.3, 0.4) is 0 Å². The van der Waals surface area contributed by atoms with Gasteiger partial charge in [0.1, 0.15) is 0 Å². The molecule has 3 aliphatic carbocycles. The highest BCUT2D eigenvalue weighted by Crippen LogP contribution is 2.64. The fourth-order valence-corrected chi connectivity index (χ4v) is 8.29. The molecule has 24 heavy (non-hydrogen) atoms. The molecule has 3 fully saturated rings. The van der Waals surface area contributed by atoms with Crippen LogP contribution in [0.5, 0.6) is 0 Å². The molecule has 3 saturated carbocycles. The van der Waals surface area contributed by atoms with Crippen molar-refractivity contribution in [2.75, 3.05) is 0 Å². The van der Waals surface area contributed by atoms with E-state index in [1.165, 1.54) is 0 Å². The van der Waals surface area contributed by atoms with E-state index in [-0.39, 0.29) is 0 Å². The summed E-state index contributed by atoms with van der Waals surface area (Å²) in [4.78, 5) is 0. The summed E-state index contributed by atoms with van der Waals surface area (Å²) in [6.45, 7) is 25.9. The largest absolute Gasteiger partial charge is 0.0620 e. The highest BCUT2D eigenvalue weighted by Gasteiger charge is 2.59. The van der Waals surface area contributed by atoms with Gasteiger partial charge >= 0.3 is 0 Å². The predicted molar refractivity (Wildman–Crippen MR) is 106 cm³/mol. The Labute approximate surface area is 152 Å². The molecule has 3 aliphatic rings. The van der Waals surface area contributed by atoms with Crippen molar-refractivity contribution < 1.29 is 0 Å². The van der Waals surface area contributed by atoms with E-state index in [0.717, 1.165) is 82.9 Å². The zero-order valence-corrected chi connectivity index (χ0v) is 18.1. The number of fused-ring (bicyclic) bond motifs is 3. The molecule has 0 bridgehead atoms. The molecular formula is C24H44. The topological polar surface area (TPSA) is 0 Å². The van der Waals surface area contributed by atoms with Crippen molar-refractivity contribution in [3.05, 3.63) is 0 Å². The van der Waals surface area contributed by atoms with Crippen molar-refractivity contribution in [2.24, 2.45) is 82.9 Å². The zero-order valence-electron chi connectivity index (χ0n) is 18.1. The van der Waals surface area contributed by atoms with Crippen molar-refractivity contribution in [3.8, 4) is 0 Å². The van der Waals surface area contributed by atoms with Crippen LogP contribution in [0.1, 0.15) is 69.2 Å². The van der Waals surface area contributed by atoms with Crippen LogP contribution in [0.4, 0.5) is 0 Å². The molecule has 0 aromatic carbocycles. The van der Waals surface area contributed by atoms with Gasteiger partial charge in [-0.2, -0.15) is 0 Å². The minimum atomic E-state index is 0.889. The standard InChI is InChI=1S/C24H44/c1-11-13(3)17(7)23-21(15(11)5)19(9)20(10)22-16(6)12(2)14(4)18(8)24(22)23/h11-24H,1-10H3/t11?,12?,13?,14?,15?,16?,17?,18?,19?,20?,21?,22?,23-,24+. The van der Waals surface area contributed by atoms with Gasteiger partial charge in [0.05, 0.1) is 0 Å². The molecule has 0 saturated heterocycles. The van der Waals surface area contributed by atoms with Gasteiger partial charge in [-0.05, 0) is 82.9 Å². The summed E-state index contributed by atoms with van der Waals surface area (Å²) < 4.78 is 0. The quantitative estimate of drug-likeness (QED) is 0.455. The summed E-state index contributed by atoms with van der Waals surface area (Å²) in [5.41, 5.74) is 0. The fraction of sp³-hybridized carbons (Fsp3) is 1.00. The third kappa shape index (κ3) is 2.37. The molecule has 0 aliphatic heterocycles. The van der Waals surface area contributed by atoms with Crippen molar-refractivity contribution in [1.82, 2.24) is 0 Å². The van der Waals surface area contributed by atoms with Gasteiger partial charge in [0.25, 0.3) is 0 Å². The van der Waals surface area contributed by atoms with E-state index in [2.05, 4.69) is 69.2 Å². The minimum Gasteiger partial charge on any atom is -0.0620 e. The lowest BCUT2D eigenvalue weighted by Crippen LogP contribution is -2.60. The second kappa shape index (κ2) is 6.31. The molecular weight excluding hydrogens is 288 g/mol. The SMILES string of the molecule is CC1C(C)C(C)[C@@H]2C(C1C)C(C)C(C)C1C(C)C(C)C(C)C(C)[C@@H]12. The van der Waals surface area contributed by atoms with Crippen molar-refractivity contribution in [2.45, 2.75) is 69.2 Å². The van der Waals surface area contributed by atoms with Crippen LogP contribution in [0.25, 0.3) is 0 Å². The lowest BCUT2D eigenvalue weighted by Gasteiger charge is -2.65. The Bertz CT molecular complexity index is 411. The second-order valence-corrected chi connectivity index (χ2v) is 10.9. The second-order valence-electron chi connectivity index (χ2n) is 10.9. The Balaban J connectivity index is 2.07. The molecule has 0 heterocycles. The predicted octanol–water partition coefficient (Wildman–Crippen LogP) is 6.85. The molecule has 0 nitrogen and oxygen atoms in total. The van der Waals surface area contributed by atoms with E-state index in [1.807, 2.05) is 0 Å². The Hall–Kier alpha value is 0. The van der Waals surface area contributed by atoms with Crippen LogP contribution in [0.2, 0.25) is 0 Å². The van der Waals surface area contributed by atoms with Gasteiger partial charge in [-0.3, -0.25) is 0 Å². The Morgan fingerprint density at radius 1 is 0.208 bits per heavy atom. The van der Waals surface area contributed by atoms with E-state index in [4.69, 9.17) is 0 Å². The van der Waals surface area contributed by atoms with Gasteiger partial charge in [-0.15, -0.1) is 0 Å². The Morgan fingerprint density at radius 3 is 0.625 bits per heavy atom. The average molecular weight is 333 g/mol. The molecule has 14 atom stereocenters. The first-order chi connectivity index (χ1) is 11.1. The van der Waals surface area contributed by atoms with Gasteiger partial charge in [0.15, 0.2) is 0 Å². The molecule has 0 heteroatoms. The van der Waals surface area contributed by atoms with Crippen molar-refractivity contribution >= 4 is 0 Å². The molecule has 0 aromatic heterocycles. The number of rotatable bonds is 0. The monoisotopic (exact) mass is 332 g/mol. The molecule has 0 N–H and O–H groups in total. The van der Waals surface area contributed by atoms with Crippen LogP contribution >= 0.6 is 0 Å². The highest BCUT2D eigenvalue weighted by molar-refractivity contribution is 5.07. The third-order valence-corrected chi connectivity index (χ3v) is 10.8. The first kappa shape index (κ1) is 18.8. The molecule has 0 spiro atoms. The molecule has 0 aromatic rings. The van der Waals surface area contributed by atoms with Gasteiger partial charge in [-0.1, -0.05) is 69.2 Å². The lowest BCUT2D eigenvalue weighted by atomic mass is 9.40. The van der Waals surface area contributed by atoms with Gasteiger partial charge in [0.2, 0.25) is 0 Å². The summed E-state index contributed by atoms with van der Waals surface area (Å²) in [5.74, 6) is 12.8. The van der Waals surface area contributed by atoms with Gasteiger partial charge in [-0.25, -0.2) is 0 Å². The summed E-state index contributed by atoms with van der Waals surface area (Å²) in [7, 11) is 0. The minimum absolute atomic E-state index is 0.889. The lowest BCUT2D eigenvalue weighted by molar-refractivity contribution is -0.175. The third-order valence-electron chi connectivity index (χ3n) is 10.8. The van der Waals surface area contributed by atoms with E-state index in [1.54, 1.807) is 0 Å². The summed E-state index contributed by atoms with van der Waals surface area (Å²) >= 11 is 0. The van der Waals surface area contributed by atoms with Crippen LogP contribution in [-0.2, 0) is 0 Å². The van der Waals surface area contributed by atoms with Crippen molar-refractivity contribution in [1.29, 1.82) is 0 Å². The fourth-order valence-electron chi connectivity index (χ4n) is 8.29. The van der Waals surface area contributed by atoms with Gasteiger partial charge in [0, 0.05) is 0 Å². The first-order valence-corrected chi connectivity index (χ1v) is 11.1. The maximum atomic E-state index is 2.62. The number of hydrogen-bond donors (Lipinski definition) is 0. The molecule has 3 rings (SSSR count). The molecule has 0 amide bonds. The van der Waals surface area contributed by atoms with Gasteiger partial charge < -0.3 is 0 Å². The van der Waals surface area contributed by atoms with Crippen LogP contribution in [0.15, 0.2) is 0 Å². The van der Waals surface area contributed by atoms with Crippen LogP contribution < -0.4 is 0 Å². The van der Waals surface area contributed by atoms with Crippen LogP contribution in [-0.4, -0.2) is 0 Å². The smallest absolute Gasteiger partial charge is 0.0318 e. The van der Waals surface area contributed by atoms with Crippen LogP contribution in [0, 0.1) is 82.9 Å². The van der Waals surface area contributed by atoms with E-state index in [9.17, 15) is 0 Å². The zero-order chi connectivity index (χ0) is 18.1. The maximum Gasteiger partial charge on any atom is -0.0318 e.